The lowest BCUT2D eigenvalue weighted by atomic mass is 10.0. The van der Waals surface area contributed by atoms with Gasteiger partial charge in [-0.1, -0.05) is 6.07 Å². The summed E-state index contributed by atoms with van der Waals surface area (Å²) < 4.78 is 5.71. The van der Waals surface area contributed by atoms with Crippen LogP contribution in [0.5, 0.6) is 5.75 Å². The number of fused-ring (bicyclic) bond motifs is 1. The van der Waals surface area contributed by atoms with E-state index < -0.39 is 0 Å². The van der Waals surface area contributed by atoms with Gasteiger partial charge in [-0.05, 0) is 25.0 Å². The van der Waals surface area contributed by atoms with Crippen molar-refractivity contribution in [1.29, 1.82) is 0 Å². The van der Waals surface area contributed by atoms with Gasteiger partial charge in [0, 0.05) is 37.4 Å². The quantitative estimate of drug-likeness (QED) is 0.828. The monoisotopic (exact) mass is 254 g/mol. The fourth-order valence-corrected chi connectivity index (χ4v) is 2.57. The summed E-state index contributed by atoms with van der Waals surface area (Å²) in [7, 11) is 0. The van der Waals surface area contributed by atoms with Gasteiger partial charge in [0.1, 0.15) is 5.75 Å². The minimum absolute atomic E-state index is 0. The van der Waals surface area contributed by atoms with E-state index in [-0.39, 0.29) is 12.4 Å². The number of nitrogens with zero attached hydrogens (tertiary/aromatic N) is 1. The highest BCUT2D eigenvalue weighted by atomic mass is 35.5. The molecule has 17 heavy (non-hydrogen) atoms. The largest absolute Gasteiger partial charge is 0.493 e. The molecule has 4 heteroatoms. The SMILES string of the molecule is Cl.c1cc2c(c(N3CCNCC3)c1)CCCO2. The first kappa shape index (κ1) is 12.5. The lowest BCUT2D eigenvalue weighted by Gasteiger charge is -2.32. The molecule has 0 aromatic heterocycles. The fourth-order valence-electron chi connectivity index (χ4n) is 2.57. The minimum atomic E-state index is 0. The first-order valence-corrected chi connectivity index (χ1v) is 6.15. The molecule has 94 valence electrons. The van der Waals surface area contributed by atoms with Crippen LogP contribution in [0.3, 0.4) is 0 Å². The summed E-state index contributed by atoms with van der Waals surface area (Å²) in [6, 6.07) is 6.44. The molecule has 0 spiro atoms. The van der Waals surface area contributed by atoms with Crippen molar-refractivity contribution >= 4 is 18.1 Å². The number of rotatable bonds is 1. The summed E-state index contributed by atoms with van der Waals surface area (Å²) in [6.07, 6.45) is 2.31. The number of anilines is 1. The smallest absolute Gasteiger partial charge is 0.124 e. The van der Waals surface area contributed by atoms with Crippen molar-refractivity contribution in [2.24, 2.45) is 0 Å². The highest BCUT2D eigenvalue weighted by Crippen LogP contribution is 2.33. The second-order valence-electron chi connectivity index (χ2n) is 4.44. The van der Waals surface area contributed by atoms with E-state index in [0.717, 1.165) is 51.4 Å². The first-order valence-electron chi connectivity index (χ1n) is 6.15. The third kappa shape index (κ3) is 2.50. The Kier molecular flexibility index (Phi) is 4.13. The Bertz CT molecular complexity index is 378. The Balaban J connectivity index is 0.00000108. The van der Waals surface area contributed by atoms with Gasteiger partial charge in [0.2, 0.25) is 0 Å². The molecule has 1 fully saturated rings. The Morgan fingerprint density at radius 3 is 2.82 bits per heavy atom. The van der Waals surface area contributed by atoms with E-state index in [2.05, 4.69) is 28.4 Å². The van der Waals surface area contributed by atoms with Crippen molar-refractivity contribution in [2.75, 3.05) is 37.7 Å². The maximum absolute atomic E-state index is 5.71. The lowest BCUT2D eigenvalue weighted by Crippen LogP contribution is -2.44. The van der Waals surface area contributed by atoms with Gasteiger partial charge in [-0.15, -0.1) is 12.4 Å². The molecule has 0 radical (unpaired) electrons. The number of hydrogen-bond acceptors (Lipinski definition) is 3. The average Bonchev–Trinajstić information content (AvgIpc) is 2.39. The van der Waals surface area contributed by atoms with Crippen LogP contribution in [0.15, 0.2) is 18.2 Å². The number of halogens is 1. The molecule has 0 saturated carbocycles. The van der Waals surface area contributed by atoms with Crippen LogP contribution in [-0.4, -0.2) is 32.8 Å². The maximum atomic E-state index is 5.71. The van der Waals surface area contributed by atoms with Gasteiger partial charge in [-0.2, -0.15) is 0 Å². The van der Waals surface area contributed by atoms with Crippen LogP contribution in [0.2, 0.25) is 0 Å². The molecule has 1 aromatic rings. The van der Waals surface area contributed by atoms with E-state index in [1.54, 1.807) is 0 Å². The van der Waals surface area contributed by atoms with E-state index >= 15 is 0 Å². The number of benzene rings is 1. The van der Waals surface area contributed by atoms with E-state index in [4.69, 9.17) is 4.74 Å². The summed E-state index contributed by atoms with van der Waals surface area (Å²) >= 11 is 0. The Hall–Kier alpha value is -0.930. The molecular formula is C13H19ClN2O. The van der Waals surface area contributed by atoms with Gasteiger partial charge in [0.05, 0.1) is 6.61 Å². The Labute approximate surface area is 109 Å². The zero-order valence-corrected chi connectivity index (χ0v) is 10.8. The number of hydrogen-bond donors (Lipinski definition) is 1. The predicted molar refractivity (Wildman–Crippen MR) is 72.6 cm³/mol. The third-order valence-corrected chi connectivity index (χ3v) is 3.39. The van der Waals surface area contributed by atoms with Gasteiger partial charge in [0.25, 0.3) is 0 Å². The molecule has 0 bridgehead atoms. The molecule has 0 unspecified atom stereocenters. The molecular weight excluding hydrogens is 236 g/mol. The van der Waals surface area contributed by atoms with Gasteiger partial charge in [-0.25, -0.2) is 0 Å². The van der Waals surface area contributed by atoms with Crippen LogP contribution in [0.4, 0.5) is 5.69 Å². The summed E-state index contributed by atoms with van der Waals surface area (Å²) in [5, 5.41) is 3.39. The molecule has 2 aliphatic rings. The molecule has 0 amide bonds. The average molecular weight is 255 g/mol. The molecule has 1 aromatic carbocycles. The van der Waals surface area contributed by atoms with Crippen LogP contribution in [0.1, 0.15) is 12.0 Å². The standard InChI is InChI=1S/C13H18N2O.ClH/c1-4-12(15-8-6-14-7-9-15)11-3-2-10-16-13(11)5-1;/h1,4-5,14H,2-3,6-10H2;1H. The number of piperazine rings is 1. The van der Waals surface area contributed by atoms with Crippen molar-refractivity contribution < 1.29 is 4.74 Å². The van der Waals surface area contributed by atoms with Crippen LogP contribution < -0.4 is 15.0 Å². The molecule has 1 saturated heterocycles. The summed E-state index contributed by atoms with van der Waals surface area (Å²) in [4.78, 5) is 2.48. The van der Waals surface area contributed by atoms with Crippen LogP contribution in [0.25, 0.3) is 0 Å². The Morgan fingerprint density at radius 2 is 2.00 bits per heavy atom. The molecule has 1 N–H and O–H groups in total. The third-order valence-electron chi connectivity index (χ3n) is 3.39. The van der Waals surface area contributed by atoms with Crippen molar-refractivity contribution in [3.05, 3.63) is 23.8 Å². The van der Waals surface area contributed by atoms with Crippen LogP contribution >= 0.6 is 12.4 Å². The normalized spacial score (nSPS) is 18.9. The molecule has 3 rings (SSSR count). The minimum Gasteiger partial charge on any atom is -0.493 e. The van der Waals surface area contributed by atoms with Gasteiger partial charge in [-0.3, -0.25) is 0 Å². The van der Waals surface area contributed by atoms with Crippen molar-refractivity contribution in [3.8, 4) is 5.75 Å². The molecule has 2 heterocycles. The zero-order chi connectivity index (χ0) is 10.8. The summed E-state index contributed by atoms with van der Waals surface area (Å²) in [6.45, 7) is 5.26. The van der Waals surface area contributed by atoms with E-state index in [1.165, 1.54) is 11.3 Å². The predicted octanol–water partition coefficient (Wildman–Crippen LogP) is 1.84. The van der Waals surface area contributed by atoms with Crippen molar-refractivity contribution in [1.82, 2.24) is 5.32 Å². The lowest BCUT2D eigenvalue weighted by molar-refractivity contribution is 0.288. The maximum Gasteiger partial charge on any atom is 0.124 e. The van der Waals surface area contributed by atoms with Crippen LogP contribution in [0, 0.1) is 0 Å². The molecule has 0 aliphatic carbocycles. The fraction of sp³-hybridized carbons (Fsp3) is 0.538. The first-order chi connectivity index (χ1) is 7.95. The van der Waals surface area contributed by atoms with Gasteiger partial charge < -0.3 is 15.0 Å². The zero-order valence-electron chi connectivity index (χ0n) is 9.95. The van der Waals surface area contributed by atoms with E-state index in [1.807, 2.05) is 0 Å². The van der Waals surface area contributed by atoms with Crippen LogP contribution in [-0.2, 0) is 6.42 Å². The summed E-state index contributed by atoms with van der Waals surface area (Å²) in [5.41, 5.74) is 2.80. The summed E-state index contributed by atoms with van der Waals surface area (Å²) in [5.74, 6) is 1.10. The second kappa shape index (κ2) is 5.61. The molecule has 3 nitrogen and oxygen atoms in total. The van der Waals surface area contributed by atoms with Gasteiger partial charge in [0.15, 0.2) is 0 Å². The topological polar surface area (TPSA) is 24.5 Å². The molecule has 0 atom stereocenters. The highest BCUT2D eigenvalue weighted by molar-refractivity contribution is 5.85. The second-order valence-corrected chi connectivity index (χ2v) is 4.44. The Morgan fingerprint density at radius 1 is 1.18 bits per heavy atom. The highest BCUT2D eigenvalue weighted by Gasteiger charge is 2.19. The molecule has 2 aliphatic heterocycles. The van der Waals surface area contributed by atoms with E-state index in [0.29, 0.717) is 0 Å². The van der Waals surface area contributed by atoms with Gasteiger partial charge >= 0.3 is 0 Å². The van der Waals surface area contributed by atoms with Crippen molar-refractivity contribution in [2.45, 2.75) is 12.8 Å². The number of nitrogens with one attached hydrogen (secondary N) is 1. The van der Waals surface area contributed by atoms with Crippen molar-refractivity contribution in [3.63, 3.8) is 0 Å². The number of ether oxygens (including phenoxy) is 1. The van der Waals surface area contributed by atoms with E-state index in [9.17, 15) is 0 Å².